The van der Waals surface area contributed by atoms with E-state index in [0.29, 0.717) is 49.7 Å². The molecule has 1 unspecified atom stereocenters. The highest BCUT2D eigenvalue weighted by Gasteiger charge is 2.39. The van der Waals surface area contributed by atoms with Gasteiger partial charge in [0.05, 0.1) is 42.2 Å². The molecule has 54 heavy (non-hydrogen) atoms. The van der Waals surface area contributed by atoms with Crippen molar-refractivity contribution in [1.29, 1.82) is 0 Å². The lowest BCUT2D eigenvalue weighted by atomic mass is 10.0. The molecule has 3 amide bonds. The Labute approximate surface area is 315 Å². The van der Waals surface area contributed by atoms with Crippen molar-refractivity contribution in [3.8, 4) is 27.4 Å². The number of carbonyl (C=O) groups is 4. The number of imide groups is 1. The van der Waals surface area contributed by atoms with Gasteiger partial charge in [0.15, 0.2) is 0 Å². The van der Waals surface area contributed by atoms with Crippen LogP contribution in [0.15, 0.2) is 79.0 Å². The summed E-state index contributed by atoms with van der Waals surface area (Å²) in [6, 6.07) is 22.2. The summed E-state index contributed by atoms with van der Waals surface area (Å²) in [5, 5.41) is 3.17. The van der Waals surface area contributed by atoms with Crippen LogP contribution in [0.25, 0.3) is 31.9 Å². The zero-order valence-electron chi connectivity index (χ0n) is 29.9. The second-order valence-electron chi connectivity index (χ2n) is 13.0. The number of hydrogen-bond donors (Lipinski definition) is 1. The number of rotatable bonds is 15. The Morgan fingerprint density at radius 1 is 0.870 bits per heavy atom. The highest BCUT2D eigenvalue weighted by Crippen LogP contribution is 2.33. The Morgan fingerprint density at radius 2 is 1.61 bits per heavy atom. The summed E-state index contributed by atoms with van der Waals surface area (Å²) in [6.45, 7) is 1.90. The van der Waals surface area contributed by atoms with Gasteiger partial charge in [0.25, 0.3) is 5.91 Å². The Bertz CT molecular complexity index is 2170. The molecular weight excluding hydrogens is 711 g/mol. The first-order chi connectivity index (χ1) is 26.2. The van der Waals surface area contributed by atoms with Crippen molar-refractivity contribution in [2.75, 3.05) is 58.6 Å². The third-order valence-corrected chi connectivity index (χ3v) is 10.2. The molecule has 0 spiro atoms. The Balaban J connectivity index is 0.785. The number of esters is 1. The molecule has 0 saturated carbocycles. The second-order valence-corrected chi connectivity index (χ2v) is 14.0. The smallest absolute Gasteiger partial charge is 0.338 e. The summed E-state index contributed by atoms with van der Waals surface area (Å²) in [7, 11) is 3.93. The number of pyridine rings is 1. The third-order valence-electron chi connectivity index (χ3n) is 9.12. The third kappa shape index (κ3) is 8.41. The lowest BCUT2D eigenvalue weighted by Gasteiger charge is -2.29. The van der Waals surface area contributed by atoms with E-state index in [1.165, 1.54) is 16.2 Å². The van der Waals surface area contributed by atoms with Crippen molar-refractivity contribution >= 4 is 51.1 Å². The normalized spacial score (nSPS) is 15.3. The van der Waals surface area contributed by atoms with E-state index in [1.807, 2.05) is 49.5 Å². The molecule has 278 valence electrons. The molecule has 5 aromatic rings. The number of nitrogens with one attached hydrogen (secondary N) is 1. The first kappa shape index (κ1) is 36.6. The largest absolute Gasteiger partial charge is 0.491 e. The van der Waals surface area contributed by atoms with E-state index in [2.05, 4.69) is 28.5 Å². The van der Waals surface area contributed by atoms with Crippen LogP contribution in [0.3, 0.4) is 0 Å². The highest BCUT2D eigenvalue weighted by molar-refractivity contribution is 7.21. The lowest BCUT2D eigenvalue weighted by Crippen LogP contribution is -2.52. The Kier molecular flexibility index (Phi) is 11.2. The first-order valence-corrected chi connectivity index (χ1v) is 18.4. The summed E-state index contributed by atoms with van der Waals surface area (Å²) < 4.78 is 23.3. The lowest BCUT2D eigenvalue weighted by molar-refractivity contribution is -0.136. The predicted molar refractivity (Wildman–Crippen MR) is 203 cm³/mol. The number of piperidine rings is 1. The zero-order valence-corrected chi connectivity index (χ0v) is 30.7. The van der Waals surface area contributed by atoms with Crippen LogP contribution in [0.4, 0.5) is 5.82 Å². The highest BCUT2D eigenvalue weighted by atomic mass is 32.1. The van der Waals surface area contributed by atoms with Gasteiger partial charge in [-0.15, -0.1) is 11.3 Å². The van der Waals surface area contributed by atoms with Crippen LogP contribution in [0, 0.1) is 0 Å². The molecule has 14 heteroatoms. The summed E-state index contributed by atoms with van der Waals surface area (Å²) in [5.74, 6) is 0.0853. The van der Waals surface area contributed by atoms with Gasteiger partial charge in [-0.3, -0.25) is 19.7 Å². The van der Waals surface area contributed by atoms with Crippen LogP contribution in [0.5, 0.6) is 5.75 Å². The fourth-order valence-electron chi connectivity index (χ4n) is 6.26. The number of anilines is 1. The maximum Gasteiger partial charge on any atom is 0.338 e. The standard InChI is InChI=1S/C40H39N5O8S/c1-44(2)35-13-8-28(23-41-35)25-3-5-26(6-4-25)38-42-32-11-7-27(22-34(32)54-38)40(49)53-20-18-51-16-15-50-17-19-52-30-9-10-31-29(21-30)24-45(39(31)48)33-12-14-36(46)43-37(33)47/h3-11,13,21-23,33H,12,14-20,24H2,1-2H3,(H,43,46,47). The average Bonchev–Trinajstić information content (AvgIpc) is 3.75. The summed E-state index contributed by atoms with van der Waals surface area (Å²) in [5.41, 5.74) is 5.67. The van der Waals surface area contributed by atoms with Crippen molar-refractivity contribution in [1.82, 2.24) is 20.2 Å². The Morgan fingerprint density at radius 3 is 2.35 bits per heavy atom. The number of carbonyl (C=O) groups excluding carboxylic acids is 4. The molecule has 1 N–H and O–H groups in total. The van der Waals surface area contributed by atoms with Crippen molar-refractivity contribution in [3.05, 3.63) is 95.7 Å². The number of fused-ring (bicyclic) bond motifs is 2. The van der Waals surface area contributed by atoms with Crippen LogP contribution in [0.2, 0.25) is 0 Å². The maximum atomic E-state index is 12.9. The van der Waals surface area contributed by atoms with Gasteiger partial charge in [-0.25, -0.2) is 14.8 Å². The van der Waals surface area contributed by atoms with Crippen molar-refractivity contribution in [2.45, 2.75) is 25.4 Å². The minimum absolute atomic E-state index is 0.107. The fraction of sp³-hybridized carbons (Fsp3) is 0.300. The molecule has 13 nitrogen and oxygen atoms in total. The molecule has 0 radical (unpaired) electrons. The quantitative estimate of drug-likeness (QED) is 0.0864. The topological polar surface area (TPSA) is 149 Å². The van der Waals surface area contributed by atoms with E-state index in [-0.39, 0.29) is 38.0 Å². The molecule has 3 aromatic carbocycles. The van der Waals surface area contributed by atoms with Crippen molar-refractivity contribution < 1.29 is 38.1 Å². The number of hydrogen-bond acceptors (Lipinski definition) is 12. The molecule has 4 heterocycles. The predicted octanol–water partition coefficient (Wildman–Crippen LogP) is 5.12. The van der Waals surface area contributed by atoms with E-state index in [0.717, 1.165) is 43.3 Å². The number of nitrogens with zero attached hydrogens (tertiary/aromatic N) is 4. The molecule has 7 rings (SSSR count). The molecular formula is C40H39N5O8S. The van der Waals surface area contributed by atoms with Crippen LogP contribution < -0.4 is 15.0 Å². The molecule has 1 fully saturated rings. The molecule has 2 aliphatic heterocycles. The number of aromatic nitrogens is 2. The van der Waals surface area contributed by atoms with Crippen LogP contribution >= 0.6 is 11.3 Å². The number of thiazole rings is 1. The Hall–Kier alpha value is -5.70. The van der Waals surface area contributed by atoms with Crippen LogP contribution in [0.1, 0.15) is 39.1 Å². The minimum atomic E-state index is -0.657. The zero-order chi connectivity index (χ0) is 37.6. The molecule has 2 aliphatic rings. The van der Waals surface area contributed by atoms with Crippen LogP contribution in [-0.2, 0) is 30.3 Å². The summed E-state index contributed by atoms with van der Waals surface area (Å²) in [4.78, 5) is 62.1. The van der Waals surface area contributed by atoms with Gasteiger partial charge < -0.3 is 28.7 Å². The fourth-order valence-corrected chi connectivity index (χ4v) is 7.27. The number of amides is 3. The van der Waals surface area contributed by atoms with Gasteiger partial charge in [0, 0.05) is 49.9 Å². The van der Waals surface area contributed by atoms with Crippen molar-refractivity contribution in [2.24, 2.45) is 0 Å². The monoisotopic (exact) mass is 749 g/mol. The van der Waals surface area contributed by atoms with E-state index < -0.39 is 17.9 Å². The number of benzene rings is 3. The minimum Gasteiger partial charge on any atom is -0.491 e. The summed E-state index contributed by atoms with van der Waals surface area (Å²) >= 11 is 1.52. The van der Waals surface area contributed by atoms with Gasteiger partial charge in [-0.1, -0.05) is 24.3 Å². The molecule has 1 saturated heterocycles. The van der Waals surface area contributed by atoms with E-state index in [1.54, 1.807) is 30.3 Å². The average molecular weight is 750 g/mol. The summed E-state index contributed by atoms with van der Waals surface area (Å²) in [6.07, 6.45) is 2.40. The SMILES string of the molecule is CN(C)c1ccc(-c2ccc(-c3nc4ccc(C(=O)OCCOCCOCCOc5ccc6c(c5)CN(C5CCC(=O)NC5=O)C6=O)cc4s3)cc2)cn1. The van der Waals surface area contributed by atoms with E-state index in [9.17, 15) is 19.2 Å². The second kappa shape index (κ2) is 16.5. The van der Waals surface area contributed by atoms with Gasteiger partial charge in [0.1, 0.15) is 35.8 Å². The first-order valence-electron chi connectivity index (χ1n) is 17.6. The van der Waals surface area contributed by atoms with Gasteiger partial charge in [0.2, 0.25) is 11.8 Å². The van der Waals surface area contributed by atoms with Gasteiger partial charge in [-0.05, 0) is 66.1 Å². The molecule has 0 bridgehead atoms. The number of ether oxygens (including phenoxy) is 4. The van der Waals surface area contributed by atoms with Gasteiger partial charge in [-0.2, -0.15) is 0 Å². The molecule has 0 aliphatic carbocycles. The maximum absolute atomic E-state index is 12.9. The van der Waals surface area contributed by atoms with E-state index >= 15 is 0 Å². The van der Waals surface area contributed by atoms with Gasteiger partial charge >= 0.3 is 5.97 Å². The van der Waals surface area contributed by atoms with Crippen LogP contribution in [-0.4, -0.2) is 98.3 Å². The van der Waals surface area contributed by atoms with E-state index in [4.69, 9.17) is 23.9 Å². The van der Waals surface area contributed by atoms with Crippen molar-refractivity contribution in [3.63, 3.8) is 0 Å². The molecule has 1 atom stereocenters. The molecule has 2 aromatic heterocycles.